The second-order valence-electron chi connectivity index (χ2n) is 13.2. The van der Waals surface area contributed by atoms with Crippen molar-refractivity contribution >= 4 is 45.0 Å². The highest BCUT2D eigenvalue weighted by Crippen LogP contribution is 2.19. The smallest absolute Gasteiger partial charge is 0.297 e. The van der Waals surface area contributed by atoms with Crippen molar-refractivity contribution in [1.29, 1.82) is 0 Å². The maximum absolute atomic E-state index is 5.44. The molecule has 0 aliphatic carbocycles. The quantitative estimate of drug-likeness (QED) is 0.168. The van der Waals surface area contributed by atoms with E-state index in [0.29, 0.717) is 6.01 Å². The summed E-state index contributed by atoms with van der Waals surface area (Å²) >= 11 is 1.76. The third-order valence-electron chi connectivity index (χ3n) is 7.94. The van der Waals surface area contributed by atoms with Gasteiger partial charge in [0.2, 0.25) is 0 Å². The van der Waals surface area contributed by atoms with Crippen molar-refractivity contribution in [2.75, 3.05) is 38.0 Å². The van der Waals surface area contributed by atoms with Crippen LogP contribution in [0.1, 0.15) is 116 Å². The van der Waals surface area contributed by atoms with Crippen LogP contribution >= 0.6 is 11.3 Å². The van der Waals surface area contributed by atoms with Gasteiger partial charge in [0.15, 0.2) is 11.5 Å². The molecule has 0 aliphatic rings. The number of hydrogen-bond donors (Lipinski definition) is 0. The number of fused-ring (bicyclic) bond motifs is 2. The number of anilines is 2. The SMILES string of the molecule is CC.CC.CC.CC.CC.CC.CN(C)c1ccccn1.CN(C)c1nc2ccccc2o1.Cc1nc(C)c(C)o1.Cc1nc(C)c(C)s1.c1ccc2ccccc2c1.c1ccccc1.c1ccncc1. The van der Waals surface area contributed by atoms with Crippen LogP contribution in [0.2, 0.25) is 0 Å². The van der Waals surface area contributed by atoms with Gasteiger partial charge in [0.05, 0.1) is 16.4 Å². The predicted molar refractivity (Wildman–Crippen MR) is 317 cm³/mol. The molecule has 9 rings (SSSR count). The van der Waals surface area contributed by atoms with Gasteiger partial charge in [-0.15, -0.1) is 11.3 Å². The molecule has 390 valence electrons. The van der Waals surface area contributed by atoms with Crippen molar-refractivity contribution in [1.82, 2.24) is 24.9 Å². The third-order valence-corrected chi connectivity index (χ3v) is 8.92. The van der Waals surface area contributed by atoms with Crippen molar-refractivity contribution in [3.8, 4) is 0 Å². The molecule has 0 fully saturated rings. The van der Waals surface area contributed by atoms with E-state index in [-0.39, 0.29) is 0 Å². The number of hydrogen-bond acceptors (Lipinski definition) is 10. The lowest BCUT2D eigenvalue weighted by Crippen LogP contribution is -2.09. The summed E-state index contributed by atoms with van der Waals surface area (Å²) in [5.41, 5.74) is 3.90. The molecular weight excluding hydrogens is 895 g/mol. The molecule has 0 spiro atoms. The molecule has 10 heteroatoms. The van der Waals surface area contributed by atoms with Crippen LogP contribution in [0.4, 0.5) is 11.8 Å². The Morgan fingerprint density at radius 1 is 0.408 bits per heavy atom. The number of nitrogens with zero attached hydrogens (tertiary/aromatic N) is 7. The molecule has 0 radical (unpaired) electrons. The summed E-state index contributed by atoms with van der Waals surface area (Å²) in [6.07, 6.45) is 5.29. The highest BCUT2D eigenvalue weighted by atomic mass is 32.1. The molecule has 9 nitrogen and oxygen atoms in total. The molecule has 0 atom stereocenters. The maximum Gasteiger partial charge on any atom is 0.297 e. The van der Waals surface area contributed by atoms with E-state index in [1.807, 2.05) is 253 Å². The van der Waals surface area contributed by atoms with E-state index in [1.54, 1.807) is 29.9 Å². The van der Waals surface area contributed by atoms with Crippen LogP contribution in [0.25, 0.3) is 21.9 Å². The van der Waals surface area contributed by atoms with Gasteiger partial charge in [-0.25, -0.2) is 15.0 Å². The fraction of sp³-hybridized carbons (Fsp3) is 0.361. The predicted octanol–water partition coefficient (Wildman–Crippen LogP) is 18.5. The summed E-state index contributed by atoms with van der Waals surface area (Å²) in [4.78, 5) is 25.6. The van der Waals surface area contributed by atoms with Crippen LogP contribution in [0.3, 0.4) is 0 Å². The van der Waals surface area contributed by atoms with Gasteiger partial charge in [0.1, 0.15) is 17.1 Å². The molecule has 9 aromatic rings. The Hall–Kier alpha value is -6.65. The summed E-state index contributed by atoms with van der Waals surface area (Å²) in [6.45, 7) is 35.9. The van der Waals surface area contributed by atoms with Gasteiger partial charge < -0.3 is 18.6 Å². The van der Waals surface area contributed by atoms with E-state index < -0.39 is 0 Å². The fourth-order valence-corrected chi connectivity index (χ4v) is 5.59. The van der Waals surface area contributed by atoms with Crippen molar-refractivity contribution in [2.45, 2.75) is 125 Å². The zero-order chi connectivity index (χ0) is 54.8. The Balaban J connectivity index is -0.000000359. The van der Waals surface area contributed by atoms with E-state index in [9.17, 15) is 0 Å². The molecule has 71 heavy (non-hydrogen) atoms. The Morgan fingerprint density at radius 3 is 1.08 bits per heavy atom. The topological polar surface area (TPSA) is 97.2 Å². The first kappa shape index (κ1) is 70.9. The molecule has 4 aromatic carbocycles. The number of aryl methyl sites for hydroxylation is 6. The molecule has 5 heterocycles. The number of oxazole rings is 2. The first-order valence-electron chi connectivity index (χ1n) is 25.2. The van der Waals surface area contributed by atoms with E-state index >= 15 is 0 Å². The minimum Gasteiger partial charge on any atom is -0.446 e. The average Bonchev–Trinajstić information content (AvgIpc) is 4.12. The average molecular weight is 989 g/mol. The minimum atomic E-state index is 0.649. The molecule has 5 aromatic heterocycles. The van der Waals surface area contributed by atoms with E-state index in [1.165, 1.54) is 26.4 Å². The van der Waals surface area contributed by atoms with Crippen LogP contribution < -0.4 is 9.80 Å². The second-order valence-corrected chi connectivity index (χ2v) is 14.6. The summed E-state index contributed by atoms with van der Waals surface area (Å²) in [7, 11) is 7.76. The standard InChI is InChI=1S/C10H8.C9H10N2O.C7H10N2.C6H9NO.C6H9NS.C6H6.C5H5N.6C2H6/c1-2-6-10-8-4-3-7-9(10)5-1;1-11(2)9-10-7-5-3-4-6-8(7)12-9;1-9(2)7-5-3-4-6-8-7;2*1-4-5(2)8-6(3)7-4;2*1-2-4-6-5-3-1;6*1-2/h1-8H;3-6H,1-2H3;3-6H,1-2H3;2*1-3H3;1-6H;1-5H;6*1-2H3. The zero-order valence-corrected chi connectivity index (χ0v) is 48.8. The third kappa shape index (κ3) is 35.2. The van der Waals surface area contributed by atoms with Crippen LogP contribution in [0, 0.1) is 41.5 Å². The van der Waals surface area contributed by atoms with Gasteiger partial charge in [0, 0.05) is 58.6 Å². The highest BCUT2D eigenvalue weighted by Gasteiger charge is 2.05. The Morgan fingerprint density at radius 2 is 0.831 bits per heavy atom. The lowest BCUT2D eigenvalue weighted by Gasteiger charge is -2.08. The Kier molecular flexibility index (Phi) is 49.7. The van der Waals surface area contributed by atoms with E-state index in [2.05, 4.69) is 80.4 Å². The second kappa shape index (κ2) is 49.8. The van der Waals surface area contributed by atoms with Crippen LogP contribution in [-0.4, -0.2) is 53.1 Å². The fourth-order valence-electron chi connectivity index (χ4n) is 4.77. The molecule has 0 aliphatic heterocycles. The lowest BCUT2D eigenvalue weighted by molar-refractivity contribution is 0.493. The molecule has 0 saturated carbocycles. The van der Waals surface area contributed by atoms with Gasteiger partial charge in [-0.1, -0.05) is 192 Å². The van der Waals surface area contributed by atoms with Crippen LogP contribution in [0.5, 0.6) is 0 Å². The first-order chi connectivity index (χ1) is 34.4. The van der Waals surface area contributed by atoms with Gasteiger partial charge in [-0.2, -0.15) is 4.98 Å². The molecule has 0 N–H and O–H groups in total. The summed E-state index contributed by atoms with van der Waals surface area (Å²) < 4.78 is 10.5. The maximum atomic E-state index is 5.44. The molecule has 0 unspecified atom stereocenters. The van der Waals surface area contributed by atoms with Crippen molar-refractivity contribution in [3.05, 3.63) is 197 Å². The minimum absolute atomic E-state index is 0.649. The largest absolute Gasteiger partial charge is 0.446 e. The van der Waals surface area contributed by atoms with Crippen molar-refractivity contribution < 1.29 is 8.83 Å². The number of aromatic nitrogens is 5. The Labute approximate surface area is 436 Å². The van der Waals surface area contributed by atoms with Gasteiger partial charge in [0.25, 0.3) is 6.01 Å². The molecular formula is C61H93N7O2S. The first-order valence-corrected chi connectivity index (χ1v) is 26.0. The number of para-hydroxylation sites is 2. The van der Waals surface area contributed by atoms with Crippen LogP contribution in [-0.2, 0) is 0 Å². The molecule has 0 saturated heterocycles. The van der Waals surface area contributed by atoms with Crippen molar-refractivity contribution in [2.24, 2.45) is 0 Å². The number of benzene rings is 4. The molecule has 0 amide bonds. The van der Waals surface area contributed by atoms with E-state index in [4.69, 9.17) is 8.83 Å². The number of rotatable bonds is 2. The normalized spacial score (nSPS) is 8.42. The molecule has 0 bridgehead atoms. The van der Waals surface area contributed by atoms with Crippen molar-refractivity contribution in [3.63, 3.8) is 0 Å². The highest BCUT2D eigenvalue weighted by molar-refractivity contribution is 7.11. The Bertz CT molecular complexity index is 2160. The monoisotopic (exact) mass is 988 g/mol. The summed E-state index contributed by atoms with van der Waals surface area (Å²) in [6, 6.07) is 48.7. The van der Waals surface area contributed by atoms with E-state index in [0.717, 1.165) is 34.3 Å². The van der Waals surface area contributed by atoms with Crippen LogP contribution in [0.15, 0.2) is 173 Å². The summed E-state index contributed by atoms with van der Waals surface area (Å²) in [5, 5.41) is 3.79. The van der Waals surface area contributed by atoms with Gasteiger partial charge >= 0.3 is 0 Å². The summed E-state index contributed by atoms with van der Waals surface area (Å²) in [5.74, 6) is 2.67. The van der Waals surface area contributed by atoms with Gasteiger partial charge in [-0.05, 0) is 81.8 Å². The number of thiazole rings is 1. The zero-order valence-electron chi connectivity index (χ0n) is 47.9. The number of pyridine rings is 2. The lowest BCUT2D eigenvalue weighted by atomic mass is 10.1. The van der Waals surface area contributed by atoms with Gasteiger partial charge in [-0.3, -0.25) is 4.98 Å².